The van der Waals surface area contributed by atoms with Crippen molar-refractivity contribution in [3.8, 4) is 0 Å². The summed E-state index contributed by atoms with van der Waals surface area (Å²) >= 11 is 0. The van der Waals surface area contributed by atoms with Crippen LogP contribution in [0.4, 0.5) is 0 Å². The van der Waals surface area contributed by atoms with E-state index in [2.05, 4.69) is 10.6 Å². The molecule has 0 saturated carbocycles. The van der Waals surface area contributed by atoms with Gasteiger partial charge in [-0.3, -0.25) is 0 Å². The number of nitrogens with one attached hydrogen (secondary N) is 2. The smallest absolute Gasteiger partial charge is 0.748 e. The zero-order chi connectivity index (χ0) is 12.7. The molecule has 0 aromatic heterocycles. The van der Waals surface area contributed by atoms with Crippen molar-refractivity contribution in [2.45, 2.75) is 0 Å². The summed E-state index contributed by atoms with van der Waals surface area (Å²) in [6.07, 6.45) is 0. The van der Waals surface area contributed by atoms with Gasteiger partial charge in [0, 0.05) is 26.2 Å². The van der Waals surface area contributed by atoms with Crippen molar-refractivity contribution in [1.82, 2.24) is 10.6 Å². The average molecular weight is 320 g/mol. The SMILES string of the molecule is O=S(=O)([O-])CCNCCNCCS(=O)(=O)[O-].[Na+].[Na+]. The van der Waals surface area contributed by atoms with Crippen LogP contribution in [0, 0.1) is 0 Å². The van der Waals surface area contributed by atoms with Gasteiger partial charge in [0.05, 0.1) is 31.7 Å². The van der Waals surface area contributed by atoms with Gasteiger partial charge in [0.25, 0.3) is 0 Å². The number of hydrogen-bond acceptors (Lipinski definition) is 8. The molecule has 98 valence electrons. The fraction of sp³-hybridized carbons (Fsp3) is 1.00. The van der Waals surface area contributed by atoms with Gasteiger partial charge in [0.1, 0.15) is 0 Å². The van der Waals surface area contributed by atoms with Gasteiger partial charge in [-0.2, -0.15) is 0 Å². The van der Waals surface area contributed by atoms with Crippen molar-refractivity contribution < 1.29 is 85.1 Å². The summed E-state index contributed by atoms with van der Waals surface area (Å²) in [6.45, 7) is 0.865. The third-order valence-corrected chi connectivity index (χ3v) is 2.94. The molecule has 0 spiro atoms. The topological polar surface area (TPSA) is 138 Å². The Hall–Kier alpha value is 1.74. The molecule has 2 N–H and O–H groups in total. The molecule has 0 aliphatic heterocycles. The molecule has 0 atom stereocenters. The Kier molecular flexibility index (Phi) is 17.1. The summed E-state index contributed by atoms with van der Waals surface area (Å²) in [6, 6.07) is 0. The van der Waals surface area contributed by atoms with Crippen LogP contribution < -0.4 is 69.7 Å². The van der Waals surface area contributed by atoms with E-state index in [1.165, 1.54) is 0 Å². The van der Waals surface area contributed by atoms with Crippen LogP contribution in [0.3, 0.4) is 0 Å². The summed E-state index contributed by atoms with van der Waals surface area (Å²) in [5, 5.41) is 5.34. The van der Waals surface area contributed by atoms with Crippen LogP contribution in [0.25, 0.3) is 0 Å². The Balaban J connectivity index is -0.00000112. The molecule has 0 aliphatic rings. The number of rotatable bonds is 9. The maximum atomic E-state index is 10.2. The van der Waals surface area contributed by atoms with E-state index in [0.717, 1.165) is 0 Å². The van der Waals surface area contributed by atoms with E-state index in [0.29, 0.717) is 13.1 Å². The summed E-state index contributed by atoms with van der Waals surface area (Å²) in [5.74, 6) is -0.968. The second-order valence-electron chi connectivity index (χ2n) is 3.02. The summed E-state index contributed by atoms with van der Waals surface area (Å²) < 4.78 is 61.0. The van der Waals surface area contributed by atoms with Crippen LogP contribution in [-0.4, -0.2) is 63.6 Å². The third kappa shape index (κ3) is 22.9. The van der Waals surface area contributed by atoms with E-state index in [1.807, 2.05) is 0 Å². The largest absolute Gasteiger partial charge is 1.00 e. The van der Waals surface area contributed by atoms with Gasteiger partial charge < -0.3 is 19.7 Å². The first kappa shape index (κ1) is 24.7. The van der Waals surface area contributed by atoms with Gasteiger partial charge in [-0.25, -0.2) is 16.8 Å². The third-order valence-electron chi connectivity index (χ3n) is 1.54. The molecule has 0 bridgehead atoms. The average Bonchev–Trinajstić information content (AvgIpc) is 2.06. The normalized spacial score (nSPS) is 11.4. The maximum Gasteiger partial charge on any atom is 1.00 e. The minimum atomic E-state index is -4.19. The van der Waals surface area contributed by atoms with Gasteiger partial charge in [0.2, 0.25) is 0 Å². The van der Waals surface area contributed by atoms with Crippen LogP contribution in [0.5, 0.6) is 0 Å². The molecule has 0 fully saturated rings. The minimum Gasteiger partial charge on any atom is -0.748 e. The number of hydrogen-bond donors (Lipinski definition) is 2. The molecule has 0 aromatic rings. The Bertz CT molecular complexity index is 347. The molecule has 0 unspecified atom stereocenters. The fourth-order valence-electron chi connectivity index (χ4n) is 0.821. The summed E-state index contributed by atoms with van der Waals surface area (Å²) in [7, 11) is -8.39. The first-order chi connectivity index (χ1) is 7.21. The Morgan fingerprint density at radius 2 is 0.944 bits per heavy atom. The van der Waals surface area contributed by atoms with Gasteiger partial charge in [-0.05, 0) is 0 Å². The summed E-state index contributed by atoms with van der Waals surface area (Å²) in [4.78, 5) is 0. The van der Waals surface area contributed by atoms with Crippen LogP contribution in [0.15, 0.2) is 0 Å². The van der Waals surface area contributed by atoms with Crippen LogP contribution >= 0.6 is 0 Å². The van der Waals surface area contributed by atoms with Crippen molar-refractivity contribution in [3.63, 3.8) is 0 Å². The van der Waals surface area contributed by atoms with Crippen LogP contribution in [0.1, 0.15) is 0 Å². The molecule has 0 aromatic carbocycles. The minimum absolute atomic E-state index is 0. The second-order valence-corrected chi connectivity index (χ2v) is 6.07. The maximum absolute atomic E-state index is 10.2. The second kappa shape index (κ2) is 12.5. The van der Waals surface area contributed by atoms with Crippen molar-refractivity contribution in [2.75, 3.05) is 37.7 Å². The first-order valence-corrected chi connectivity index (χ1v) is 7.65. The van der Waals surface area contributed by atoms with Crippen molar-refractivity contribution in [3.05, 3.63) is 0 Å². The molecule has 0 amide bonds. The molecular weight excluding hydrogens is 306 g/mol. The molecule has 0 saturated heterocycles. The molecule has 0 radical (unpaired) electrons. The van der Waals surface area contributed by atoms with Crippen molar-refractivity contribution in [2.24, 2.45) is 0 Å². The van der Waals surface area contributed by atoms with E-state index < -0.39 is 31.7 Å². The molecule has 8 nitrogen and oxygen atoms in total. The standard InChI is InChI=1S/C6H16N2O6S2.2Na/c9-15(10,11)5-3-7-1-2-8-4-6-16(12,13)14;;/h7-8H,1-6H2,(H,9,10,11)(H,12,13,14);;/q;2*+1/p-2. The van der Waals surface area contributed by atoms with E-state index in [-0.39, 0.29) is 72.2 Å². The van der Waals surface area contributed by atoms with Gasteiger partial charge >= 0.3 is 59.1 Å². The molecule has 0 rings (SSSR count). The predicted octanol–water partition coefficient (Wildman–Crippen LogP) is -8.74. The quantitative estimate of drug-likeness (QED) is 0.243. The zero-order valence-corrected chi connectivity index (χ0v) is 16.1. The molecular formula is C6H14N2Na2O6S2. The van der Waals surface area contributed by atoms with Crippen molar-refractivity contribution >= 4 is 20.2 Å². The Morgan fingerprint density at radius 1 is 0.667 bits per heavy atom. The predicted molar refractivity (Wildman–Crippen MR) is 54.9 cm³/mol. The first-order valence-electron chi connectivity index (χ1n) is 4.49. The summed E-state index contributed by atoms with van der Waals surface area (Å²) in [5.41, 5.74) is 0. The van der Waals surface area contributed by atoms with Gasteiger partial charge in [-0.1, -0.05) is 0 Å². The van der Waals surface area contributed by atoms with Gasteiger partial charge in [-0.15, -0.1) is 0 Å². The Labute approximate surface area is 152 Å². The monoisotopic (exact) mass is 320 g/mol. The van der Waals surface area contributed by atoms with Gasteiger partial charge in [0.15, 0.2) is 0 Å². The van der Waals surface area contributed by atoms with E-state index in [1.54, 1.807) is 0 Å². The molecule has 0 heterocycles. The molecule has 12 heteroatoms. The van der Waals surface area contributed by atoms with E-state index in [9.17, 15) is 25.9 Å². The Morgan fingerprint density at radius 3 is 1.17 bits per heavy atom. The van der Waals surface area contributed by atoms with E-state index >= 15 is 0 Å². The van der Waals surface area contributed by atoms with E-state index in [4.69, 9.17) is 0 Å². The zero-order valence-electron chi connectivity index (χ0n) is 10.5. The van der Waals surface area contributed by atoms with Crippen molar-refractivity contribution in [1.29, 1.82) is 0 Å². The fourth-order valence-corrected chi connectivity index (χ4v) is 1.61. The molecule has 18 heavy (non-hydrogen) atoms. The molecule has 0 aliphatic carbocycles. The van der Waals surface area contributed by atoms with Crippen LogP contribution in [-0.2, 0) is 20.2 Å². The van der Waals surface area contributed by atoms with Crippen LogP contribution in [0.2, 0.25) is 0 Å².